The molecule has 1 aromatic rings. The first-order valence-electron chi connectivity index (χ1n) is 6.65. The summed E-state index contributed by atoms with van der Waals surface area (Å²) < 4.78 is 0. The monoisotopic (exact) mass is 288 g/mol. The van der Waals surface area contributed by atoms with E-state index in [2.05, 4.69) is 5.32 Å². The molecule has 2 fully saturated rings. The fraction of sp³-hybridized carbons (Fsp3) is 0.333. The molecule has 0 saturated carbocycles. The molecule has 1 aromatic carbocycles. The molecule has 104 valence electrons. The summed E-state index contributed by atoms with van der Waals surface area (Å²) in [5, 5.41) is 2.86. The lowest BCUT2D eigenvalue weighted by atomic mass is 9.99. The van der Waals surface area contributed by atoms with Crippen molar-refractivity contribution in [3.8, 4) is 0 Å². The number of rotatable bonds is 3. The van der Waals surface area contributed by atoms with E-state index in [-0.39, 0.29) is 11.9 Å². The largest absolute Gasteiger partial charge is 0.325 e. The Kier molecular flexibility index (Phi) is 3.53. The first kappa shape index (κ1) is 13.2. The summed E-state index contributed by atoms with van der Waals surface area (Å²) >= 11 is 1.72. The van der Waals surface area contributed by atoms with E-state index in [4.69, 9.17) is 0 Å². The molecule has 2 aliphatic heterocycles. The number of hydrogen-bond donors (Lipinski definition) is 1. The first-order chi connectivity index (χ1) is 9.71. The Morgan fingerprint density at radius 1 is 1.30 bits per heavy atom. The molecule has 0 unspecified atom stereocenters. The van der Waals surface area contributed by atoms with Crippen LogP contribution in [0.25, 0.3) is 6.08 Å². The third-order valence-electron chi connectivity index (χ3n) is 3.67. The minimum absolute atomic E-state index is 0.0785. The van der Waals surface area contributed by atoms with Crippen LogP contribution in [0.1, 0.15) is 12.0 Å². The molecule has 2 aliphatic rings. The Balaban J connectivity index is 1.67. The molecule has 1 atom stereocenters. The number of hydrogen-bond acceptors (Lipinski definition) is 3. The molecule has 2 heterocycles. The van der Waals surface area contributed by atoms with Crippen molar-refractivity contribution >= 4 is 29.8 Å². The lowest BCUT2D eigenvalue weighted by Crippen LogP contribution is -2.47. The molecule has 1 spiro atoms. The molecule has 0 bridgehead atoms. The Morgan fingerprint density at radius 3 is 2.80 bits per heavy atom. The van der Waals surface area contributed by atoms with Gasteiger partial charge in [-0.1, -0.05) is 42.5 Å². The molecular formula is C15H16N2O2S. The van der Waals surface area contributed by atoms with E-state index in [1.807, 2.05) is 42.5 Å². The Hall–Kier alpha value is -1.75. The second-order valence-corrected chi connectivity index (χ2v) is 6.15. The molecule has 1 N–H and O–H groups in total. The van der Waals surface area contributed by atoms with Gasteiger partial charge in [0.25, 0.3) is 5.91 Å². The summed E-state index contributed by atoms with van der Waals surface area (Å²) in [5.41, 5.74) is 0.424. The van der Waals surface area contributed by atoms with E-state index in [9.17, 15) is 9.59 Å². The summed E-state index contributed by atoms with van der Waals surface area (Å²) in [4.78, 5) is 25.6. The minimum atomic E-state index is -0.637. The summed E-state index contributed by atoms with van der Waals surface area (Å²) in [6, 6.07) is 9.57. The zero-order valence-electron chi connectivity index (χ0n) is 11.0. The summed E-state index contributed by atoms with van der Waals surface area (Å²) in [6.45, 7) is 0.325. The van der Waals surface area contributed by atoms with Crippen molar-refractivity contribution in [1.82, 2.24) is 10.2 Å². The van der Waals surface area contributed by atoms with Crippen LogP contribution in [-0.4, -0.2) is 40.4 Å². The molecule has 20 heavy (non-hydrogen) atoms. The van der Waals surface area contributed by atoms with Crippen LogP contribution in [0.3, 0.4) is 0 Å². The van der Waals surface area contributed by atoms with E-state index in [0.717, 1.165) is 17.7 Å². The molecule has 2 saturated heterocycles. The zero-order chi connectivity index (χ0) is 14.0. The maximum atomic E-state index is 12.4. The molecule has 3 amide bonds. The second-order valence-electron chi connectivity index (χ2n) is 5.04. The fourth-order valence-electron chi connectivity index (χ4n) is 2.53. The highest BCUT2D eigenvalue weighted by Crippen LogP contribution is 2.33. The van der Waals surface area contributed by atoms with Gasteiger partial charge in [-0.15, -0.1) is 0 Å². The van der Waals surface area contributed by atoms with Crippen molar-refractivity contribution in [2.24, 2.45) is 0 Å². The zero-order valence-corrected chi connectivity index (χ0v) is 11.9. The van der Waals surface area contributed by atoms with Crippen LogP contribution in [0, 0.1) is 0 Å². The summed E-state index contributed by atoms with van der Waals surface area (Å²) in [6.07, 6.45) is 4.52. The van der Waals surface area contributed by atoms with E-state index in [0.29, 0.717) is 12.3 Å². The van der Waals surface area contributed by atoms with E-state index < -0.39 is 5.54 Å². The van der Waals surface area contributed by atoms with Gasteiger partial charge in [-0.05, 0) is 17.7 Å². The molecule has 0 radical (unpaired) electrons. The number of carbonyl (C=O) groups excluding carboxylic acids is 2. The standard InChI is InChI=1S/C15H16N2O2S/c18-13-15(8-10-20-11-15)16-14(19)17(13)9-4-7-12-5-2-1-3-6-12/h1-7H,8-11H2,(H,16,19)/b7-4+/t15-/m0/s1. The lowest BCUT2D eigenvalue weighted by molar-refractivity contribution is -0.130. The average molecular weight is 288 g/mol. The van der Waals surface area contributed by atoms with Gasteiger partial charge in [-0.25, -0.2) is 4.79 Å². The molecule has 3 rings (SSSR count). The van der Waals surface area contributed by atoms with Crippen LogP contribution >= 0.6 is 11.8 Å². The highest BCUT2D eigenvalue weighted by atomic mass is 32.2. The number of urea groups is 1. The van der Waals surface area contributed by atoms with Crippen molar-refractivity contribution in [1.29, 1.82) is 0 Å². The van der Waals surface area contributed by atoms with Crippen LogP contribution in [-0.2, 0) is 4.79 Å². The summed E-state index contributed by atoms with van der Waals surface area (Å²) in [5.74, 6) is 1.54. The Morgan fingerprint density at radius 2 is 2.10 bits per heavy atom. The fourth-order valence-corrected chi connectivity index (χ4v) is 3.86. The van der Waals surface area contributed by atoms with Gasteiger partial charge in [0.05, 0.1) is 0 Å². The van der Waals surface area contributed by atoms with E-state index in [1.54, 1.807) is 11.8 Å². The summed E-state index contributed by atoms with van der Waals surface area (Å²) in [7, 11) is 0. The van der Waals surface area contributed by atoms with Gasteiger partial charge >= 0.3 is 6.03 Å². The van der Waals surface area contributed by atoms with Gasteiger partial charge in [0.1, 0.15) is 5.54 Å². The quantitative estimate of drug-likeness (QED) is 0.867. The van der Waals surface area contributed by atoms with Crippen LogP contribution in [0.15, 0.2) is 36.4 Å². The van der Waals surface area contributed by atoms with Crippen molar-refractivity contribution in [2.75, 3.05) is 18.1 Å². The molecule has 5 heteroatoms. The first-order valence-corrected chi connectivity index (χ1v) is 7.80. The molecule has 0 aliphatic carbocycles. The highest BCUT2D eigenvalue weighted by Gasteiger charge is 2.52. The number of nitrogens with one attached hydrogen (secondary N) is 1. The second kappa shape index (κ2) is 5.32. The Bertz CT molecular complexity index is 550. The van der Waals surface area contributed by atoms with Crippen molar-refractivity contribution < 1.29 is 9.59 Å². The number of amides is 3. The van der Waals surface area contributed by atoms with Gasteiger partial charge in [-0.3, -0.25) is 9.69 Å². The van der Waals surface area contributed by atoms with Gasteiger partial charge in [-0.2, -0.15) is 11.8 Å². The van der Waals surface area contributed by atoms with Crippen LogP contribution < -0.4 is 5.32 Å². The maximum Gasteiger partial charge on any atom is 0.325 e. The van der Waals surface area contributed by atoms with Gasteiger partial charge in [0.2, 0.25) is 0 Å². The van der Waals surface area contributed by atoms with Gasteiger partial charge < -0.3 is 5.32 Å². The van der Waals surface area contributed by atoms with E-state index >= 15 is 0 Å². The van der Waals surface area contributed by atoms with Crippen LogP contribution in [0.2, 0.25) is 0 Å². The van der Waals surface area contributed by atoms with Crippen LogP contribution in [0.5, 0.6) is 0 Å². The van der Waals surface area contributed by atoms with Gasteiger partial charge in [0.15, 0.2) is 0 Å². The van der Waals surface area contributed by atoms with Crippen LogP contribution in [0.4, 0.5) is 4.79 Å². The predicted molar refractivity (Wildman–Crippen MR) is 80.4 cm³/mol. The molecule has 0 aromatic heterocycles. The predicted octanol–water partition coefficient (Wildman–Crippen LogP) is 2.13. The third kappa shape index (κ3) is 2.33. The number of thioether (sulfide) groups is 1. The number of carbonyl (C=O) groups is 2. The van der Waals surface area contributed by atoms with E-state index in [1.165, 1.54) is 4.90 Å². The SMILES string of the molecule is O=C1N[C@]2(CCSC2)C(=O)N1C/C=C/c1ccccc1. The Labute approximate surface area is 122 Å². The maximum absolute atomic E-state index is 12.4. The number of benzene rings is 1. The topological polar surface area (TPSA) is 49.4 Å². The third-order valence-corrected chi connectivity index (χ3v) is 4.86. The van der Waals surface area contributed by atoms with Crippen molar-refractivity contribution in [3.63, 3.8) is 0 Å². The highest BCUT2D eigenvalue weighted by molar-refractivity contribution is 7.99. The minimum Gasteiger partial charge on any atom is -0.322 e. The van der Waals surface area contributed by atoms with Crippen molar-refractivity contribution in [2.45, 2.75) is 12.0 Å². The number of imide groups is 1. The molecular weight excluding hydrogens is 272 g/mol. The average Bonchev–Trinajstić information content (AvgIpc) is 3.01. The van der Waals surface area contributed by atoms with Crippen molar-refractivity contribution in [3.05, 3.63) is 42.0 Å². The molecule has 4 nitrogen and oxygen atoms in total. The number of nitrogens with zero attached hydrogens (tertiary/aromatic N) is 1. The van der Waals surface area contributed by atoms with Gasteiger partial charge in [0, 0.05) is 12.3 Å². The normalized spacial score (nSPS) is 25.9. The smallest absolute Gasteiger partial charge is 0.322 e. The lowest BCUT2D eigenvalue weighted by Gasteiger charge is -2.18.